The molecule has 4 aromatic rings. The summed E-state index contributed by atoms with van der Waals surface area (Å²) >= 11 is 0. The van der Waals surface area contributed by atoms with Crippen LogP contribution >= 0.6 is 0 Å². The molecule has 4 aromatic carbocycles. The number of carboxylic acid groups (broad SMARTS) is 1. The van der Waals surface area contributed by atoms with E-state index in [0.717, 1.165) is 19.3 Å². The van der Waals surface area contributed by atoms with Crippen LogP contribution < -0.4 is 9.64 Å². The van der Waals surface area contributed by atoms with E-state index >= 15 is 4.39 Å². The van der Waals surface area contributed by atoms with Gasteiger partial charge in [-0.1, -0.05) is 55.5 Å². The summed E-state index contributed by atoms with van der Waals surface area (Å²) in [4.78, 5) is 13.3. The molecule has 37 heavy (non-hydrogen) atoms. The molecule has 0 amide bonds. The molecule has 0 saturated carbocycles. The number of rotatable bonds is 7. The van der Waals surface area contributed by atoms with Crippen molar-refractivity contribution in [2.45, 2.75) is 45.1 Å². The van der Waals surface area contributed by atoms with E-state index < -0.39 is 17.6 Å². The first-order chi connectivity index (χ1) is 17.8. The van der Waals surface area contributed by atoms with Gasteiger partial charge in [-0.05, 0) is 72.2 Å². The summed E-state index contributed by atoms with van der Waals surface area (Å²) in [5.41, 5.74) is 1.77. The van der Waals surface area contributed by atoms with Crippen molar-refractivity contribution in [2.24, 2.45) is 0 Å². The normalized spacial score (nSPS) is 15.8. The fourth-order valence-electron chi connectivity index (χ4n) is 5.32. The second-order valence-corrected chi connectivity index (χ2v) is 9.76. The Morgan fingerprint density at radius 1 is 1.05 bits per heavy atom. The number of aryl methyl sites for hydroxylation is 1. The molecule has 6 heteroatoms. The first kappa shape index (κ1) is 24.8. The molecule has 5 rings (SSSR count). The van der Waals surface area contributed by atoms with E-state index in [-0.39, 0.29) is 23.9 Å². The molecular weight excluding hydrogens is 472 g/mol. The molecule has 0 spiro atoms. The predicted octanol–water partition coefficient (Wildman–Crippen LogP) is 8.00. The number of anilines is 2. The molecular formula is C31H29F2NO3. The van der Waals surface area contributed by atoms with Crippen molar-refractivity contribution in [1.29, 1.82) is 0 Å². The van der Waals surface area contributed by atoms with Crippen LogP contribution in [-0.2, 0) is 0 Å². The highest BCUT2D eigenvalue weighted by molar-refractivity contribution is 5.92. The van der Waals surface area contributed by atoms with E-state index in [1.165, 1.54) is 28.5 Å². The summed E-state index contributed by atoms with van der Waals surface area (Å²) in [5, 5.41) is 12.0. The Balaban J connectivity index is 1.36. The zero-order valence-electron chi connectivity index (χ0n) is 20.9. The minimum atomic E-state index is -1.33. The zero-order chi connectivity index (χ0) is 26.1. The Labute approximate surface area is 215 Å². The van der Waals surface area contributed by atoms with Crippen LogP contribution in [0.2, 0.25) is 0 Å². The van der Waals surface area contributed by atoms with Gasteiger partial charge in [-0.2, -0.15) is 0 Å². The highest BCUT2D eigenvalue weighted by atomic mass is 19.1. The summed E-state index contributed by atoms with van der Waals surface area (Å²) in [6.07, 6.45) is 2.30. The van der Waals surface area contributed by atoms with Gasteiger partial charge in [0.25, 0.3) is 0 Å². The van der Waals surface area contributed by atoms with Crippen molar-refractivity contribution in [3.8, 4) is 5.75 Å². The lowest BCUT2D eigenvalue weighted by Gasteiger charge is -2.37. The molecule has 4 nitrogen and oxygen atoms in total. The third-order valence-electron chi connectivity index (χ3n) is 7.24. The molecule has 1 N–H and O–H groups in total. The van der Waals surface area contributed by atoms with Crippen LogP contribution in [0.25, 0.3) is 10.8 Å². The van der Waals surface area contributed by atoms with Crippen LogP contribution in [0.15, 0.2) is 72.8 Å². The van der Waals surface area contributed by atoms with Crippen LogP contribution in [0.5, 0.6) is 5.75 Å². The standard InChI is InChI=1S/C31H29F2NO3/c1-19(24-12-6-9-21-8-3-4-11-25(21)24)7-5-10-23-18-34(27-17-22(32)14-16-28(27)37-23)26-15-13-20(2)29(30(26)33)31(35)36/h3-4,6,8-9,11-17,19,23H,5,7,10,18H2,1-2H3,(H,35,36)/t19-,23?/m0/s1. The van der Waals surface area contributed by atoms with Gasteiger partial charge in [0.2, 0.25) is 0 Å². The van der Waals surface area contributed by atoms with Gasteiger partial charge in [-0.15, -0.1) is 0 Å². The number of carboxylic acids is 1. The van der Waals surface area contributed by atoms with Gasteiger partial charge < -0.3 is 14.7 Å². The number of benzene rings is 4. The molecule has 0 fully saturated rings. The van der Waals surface area contributed by atoms with Crippen molar-refractivity contribution in [2.75, 3.05) is 11.4 Å². The van der Waals surface area contributed by atoms with Crippen LogP contribution in [-0.4, -0.2) is 23.7 Å². The van der Waals surface area contributed by atoms with Gasteiger partial charge in [-0.25, -0.2) is 13.6 Å². The number of hydrogen-bond acceptors (Lipinski definition) is 3. The summed E-state index contributed by atoms with van der Waals surface area (Å²) in [6.45, 7) is 4.07. The van der Waals surface area contributed by atoms with Gasteiger partial charge in [-0.3, -0.25) is 0 Å². The van der Waals surface area contributed by atoms with Gasteiger partial charge in [0.15, 0.2) is 5.82 Å². The van der Waals surface area contributed by atoms with Crippen molar-refractivity contribution in [1.82, 2.24) is 0 Å². The first-order valence-corrected chi connectivity index (χ1v) is 12.6. The number of nitrogens with zero attached hydrogens (tertiary/aromatic N) is 1. The van der Waals surface area contributed by atoms with E-state index in [9.17, 15) is 14.3 Å². The second kappa shape index (κ2) is 10.2. The molecule has 0 bridgehead atoms. The van der Waals surface area contributed by atoms with E-state index in [0.29, 0.717) is 22.9 Å². The third kappa shape index (κ3) is 4.88. The van der Waals surface area contributed by atoms with Gasteiger partial charge in [0.1, 0.15) is 23.2 Å². The van der Waals surface area contributed by atoms with Crippen molar-refractivity contribution < 1.29 is 23.4 Å². The van der Waals surface area contributed by atoms with Gasteiger partial charge in [0.05, 0.1) is 17.9 Å². The molecule has 1 aliphatic heterocycles. The zero-order valence-corrected chi connectivity index (χ0v) is 20.9. The predicted molar refractivity (Wildman–Crippen MR) is 142 cm³/mol. The number of fused-ring (bicyclic) bond motifs is 2. The Kier molecular flexibility index (Phi) is 6.83. The number of aromatic carboxylic acids is 1. The third-order valence-corrected chi connectivity index (χ3v) is 7.24. The highest BCUT2D eigenvalue weighted by Gasteiger charge is 2.30. The number of ether oxygens (including phenoxy) is 1. The maximum atomic E-state index is 15.4. The Morgan fingerprint density at radius 3 is 2.65 bits per heavy atom. The van der Waals surface area contributed by atoms with Gasteiger partial charge in [0, 0.05) is 6.07 Å². The summed E-state index contributed by atoms with van der Waals surface area (Å²) in [7, 11) is 0. The second-order valence-electron chi connectivity index (χ2n) is 9.76. The fraction of sp³-hybridized carbons (Fsp3) is 0.258. The van der Waals surface area contributed by atoms with Crippen molar-refractivity contribution >= 4 is 28.1 Å². The highest BCUT2D eigenvalue weighted by Crippen LogP contribution is 2.41. The number of halogens is 2. The average Bonchev–Trinajstić information content (AvgIpc) is 2.88. The molecule has 0 saturated heterocycles. The summed E-state index contributed by atoms with van der Waals surface area (Å²) < 4.78 is 35.7. The van der Waals surface area contributed by atoms with Crippen molar-refractivity contribution in [3.05, 3.63) is 101 Å². The van der Waals surface area contributed by atoms with Crippen LogP contribution in [0.4, 0.5) is 20.2 Å². The Morgan fingerprint density at radius 2 is 1.84 bits per heavy atom. The minimum Gasteiger partial charge on any atom is -0.486 e. The molecule has 1 unspecified atom stereocenters. The maximum absolute atomic E-state index is 15.4. The molecule has 2 atom stereocenters. The van der Waals surface area contributed by atoms with E-state index in [1.54, 1.807) is 30.0 Å². The maximum Gasteiger partial charge on any atom is 0.339 e. The Bertz CT molecular complexity index is 1460. The lowest BCUT2D eigenvalue weighted by atomic mass is 9.90. The van der Waals surface area contributed by atoms with Crippen LogP contribution in [0.3, 0.4) is 0 Å². The molecule has 0 aromatic heterocycles. The molecule has 0 aliphatic carbocycles. The molecule has 1 aliphatic rings. The number of hydrogen-bond donors (Lipinski definition) is 1. The Hall–Kier alpha value is -3.93. The van der Waals surface area contributed by atoms with E-state index in [1.807, 2.05) is 6.07 Å². The average molecular weight is 502 g/mol. The largest absolute Gasteiger partial charge is 0.486 e. The summed E-state index contributed by atoms with van der Waals surface area (Å²) in [6, 6.07) is 22.1. The summed E-state index contributed by atoms with van der Waals surface area (Å²) in [5.74, 6) is -1.83. The smallest absolute Gasteiger partial charge is 0.339 e. The van der Waals surface area contributed by atoms with E-state index in [2.05, 4.69) is 43.3 Å². The van der Waals surface area contributed by atoms with Gasteiger partial charge >= 0.3 is 5.97 Å². The molecule has 190 valence electrons. The minimum absolute atomic E-state index is 0.104. The SMILES string of the molecule is Cc1ccc(N2CC(CCC[C@H](C)c3cccc4ccccc34)Oc3ccc(F)cc32)c(F)c1C(=O)O. The van der Waals surface area contributed by atoms with E-state index in [4.69, 9.17) is 4.74 Å². The quantitative estimate of drug-likeness (QED) is 0.279. The topological polar surface area (TPSA) is 49.8 Å². The fourth-order valence-corrected chi connectivity index (χ4v) is 5.32. The number of carbonyl (C=O) groups is 1. The monoisotopic (exact) mass is 501 g/mol. The van der Waals surface area contributed by atoms with Crippen LogP contribution in [0.1, 0.15) is 53.6 Å². The molecule has 1 heterocycles. The lowest BCUT2D eigenvalue weighted by molar-refractivity contribution is 0.0691. The molecule has 0 radical (unpaired) electrons. The van der Waals surface area contributed by atoms with Crippen molar-refractivity contribution in [3.63, 3.8) is 0 Å². The first-order valence-electron chi connectivity index (χ1n) is 12.6. The lowest BCUT2D eigenvalue weighted by Crippen LogP contribution is -2.38. The van der Waals surface area contributed by atoms with Crippen LogP contribution in [0, 0.1) is 18.6 Å².